The lowest BCUT2D eigenvalue weighted by Crippen LogP contribution is -2.22. The molecular formula is C15H20N6O2S. The zero-order valence-electron chi connectivity index (χ0n) is 13.7. The van der Waals surface area contributed by atoms with Crippen molar-refractivity contribution < 1.29 is 9.32 Å². The molecule has 0 aliphatic heterocycles. The molecule has 0 fully saturated rings. The molecule has 3 aromatic rings. The van der Waals surface area contributed by atoms with E-state index in [-0.39, 0.29) is 0 Å². The van der Waals surface area contributed by atoms with E-state index in [4.69, 9.17) is 4.52 Å². The Morgan fingerprint density at radius 2 is 2.33 bits per heavy atom. The van der Waals surface area contributed by atoms with Gasteiger partial charge in [-0.1, -0.05) is 10.4 Å². The summed E-state index contributed by atoms with van der Waals surface area (Å²) < 4.78 is 6.81. The molecule has 128 valence electrons. The van der Waals surface area contributed by atoms with Crippen molar-refractivity contribution in [1.82, 2.24) is 30.0 Å². The van der Waals surface area contributed by atoms with Crippen LogP contribution < -0.4 is 0 Å². The highest BCUT2D eigenvalue weighted by Crippen LogP contribution is 2.18. The van der Waals surface area contributed by atoms with Crippen molar-refractivity contribution in [1.29, 1.82) is 0 Å². The van der Waals surface area contributed by atoms with Gasteiger partial charge >= 0.3 is 0 Å². The van der Waals surface area contributed by atoms with E-state index < -0.39 is 0 Å². The van der Waals surface area contributed by atoms with Gasteiger partial charge in [0.15, 0.2) is 0 Å². The number of hydrogen-bond donors (Lipinski definition) is 0. The molecule has 0 radical (unpaired) electrons. The van der Waals surface area contributed by atoms with Crippen LogP contribution in [0.2, 0.25) is 0 Å². The number of carbonyl (C=O) groups excluding carboxylic acids is 1. The summed E-state index contributed by atoms with van der Waals surface area (Å²) in [6.07, 6.45) is 5.81. The largest absolute Gasteiger partial charge is 0.346 e. The van der Waals surface area contributed by atoms with Gasteiger partial charge in [-0.15, -0.1) is 5.10 Å². The third-order valence-corrected chi connectivity index (χ3v) is 3.86. The van der Waals surface area contributed by atoms with Crippen molar-refractivity contribution in [2.45, 2.75) is 19.8 Å². The minimum atomic E-state index is 0.623. The fourth-order valence-electron chi connectivity index (χ4n) is 1.85. The van der Waals surface area contributed by atoms with E-state index in [1.165, 1.54) is 0 Å². The van der Waals surface area contributed by atoms with Gasteiger partial charge in [0.05, 0.1) is 6.20 Å². The zero-order chi connectivity index (χ0) is 17.2. The quantitative estimate of drug-likeness (QED) is 0.607. The molecule has 3 rings (SSSR count). The number of nitrogens with zero attached hydrogens (tertiary/aromatic N) is 6. The molecule has 3 heterocycles. The zero-order valence-corrected chi connectivity index (χ0v) is 14.5. The molecule has 0 saturated heterocycles. The van der Waals surface area contributed by atoms with Gasteiger partial charge in [-0.3, -0.25) is 9.48 Å². The smallest absolute Gasteiger partial charge is 0.227 e. The van der Waals surface area contributed by atoms with E-state index in [2.05, 4.69) is 20.5 Å². The number of carbonyl (C=O) groups is 1. The standard InChI is InChI=1S/C12H15N3O2S.C3H5N3/c1-2-15(9-16)6-3-4-11-13-12(14-17-11)10-5-7-18-8-10;1-6-3-2-4-5-6/h5,7-9H,2-4,6H2,1H3;2-3H,1H3. The number of thiophene rings is 1. The summed E-state index contributed by atoms with van der Waals surface area (Å²) in [6.45, 7) is 3.40. The van der Waals surface area contributed by atoms with E-state index in [9.17, 15) is 4.79 Å². The van der Waals surface area contributed by atoms with Crippen LogP contribution in [0.3, 0.4) is 0 Å². The molecule has 0 N–H and O–H groups in total. The van der Waals surface area contributed by atoms with Crippen LogP contribution in [0, 0.1) is 0 Å². The first-order valence-electron chi connectivity index (χ1n) is 7.57. The molecular weight excluding hydrogens is 328 g/mol. The molecule has 0 aliphatic rings. The summed E-state index contributed by atoms with van der Waals surface area (Å²) in [5, 5.41) is 15.0. The minimum Gasteiger partial charge on any atom is -0.346 e. The minimum absolute atomic E-state index is 0.623. The average Bonchev–Trinajstić information content (AvgIpc) is 3.33. The molecule has 0 atom stereocenters. The summed E-state index contributed by atoms with van der Waals surface area (Å²) >= 11 is 1.60. The SMILES string of the molecule is CCN(C=O)CCCc1nc(-c2ccsc2)no1.Cn1ccnn1. The van der Waals surface area contributed by atoms with Crippen LogP contribution >= 0.6 is 11.3 Å². The third kappa shape index (κ3) is 5.58. The van der Waals surface area contributed by atoms with Crippen LogP contribution in [-0.4, -0.2) is 49.5 Å². The molecule has 0 spiro atoms. The van der Waals surface area contributed by atoms with Gasteiger partial charge in [-0.25, -0.2) is 0 Å². The maximum atomic E-state index is 10.6. The van der Waals surface area contributed by atoms with E-state index >= 15 is 0 Å². The second-order valence-corrected chi connectivity index (χ2v) is 5.72. The van der Waals surface area contributed by atoms with Crippen LogP contribution in [0.4, 0.5) is 0 Å². The fraction of sp³-hybridized carbons (Fsp3) is 0.400. The first-order valence-corrected chi connectivity index (χ1v) is 8.52. The maximum Gasteiger partial charge on any atom is 0.227 e. The van der Waals surface area contributed by atoms with E-state index in [1.54, 1.807) is 33.3 Å². The van der Waals surface area contributed by atoms with Gasteiger partial charge in [0.1, 0.15) is 0 Å². The van der Waals surface area contributed by atoms with Crippen LogP contribution in [0.1, 0.15) is 19.2 Å². The van der Waals surface area contributed by atoms with Gasteiger partial charge in [0, 0.05) is 43.7 Å². The molecule has 3 aromatic heterocycles. The monoisotopic (exact) mass is 348 g/mol. The predicted molar refractivity (Wildman–Crippen MR) is 90.2 cm³/mol. The van der Waals surface area contributed by atoms with Crippen LogP contribution in [-0.2, 0) is 18.3 Å². The predicted octanol–water partition coefficient (Wildman–Crippen LogP) is 2.02. The lowest BCUT2D eigenvalue weighted by atomic mass is 10.3. The Kier molecular flexibility index (Phi) is 7.09. The summed E-state index contributed by atoms with van der Waals surface area (Å²) in [5.74, 6) is 1.26. The molecule has 0 aliphatic carbocycles. The molecule has 0 saturated carbocycles. The fourth-order valence-corrected chi connectivity index (χ4v) is 2.49. The van der Waals surface area contributed by atoms with Gasteiger partial charge in [-0.2, -0.15) is 16.3 Å². The summed E-state index contributed by atoms with van der Waals surface area (Å²) in [6, 6.07) is 1.96. The Bertz CT molecular complexity index is 695. The number of hydrogen-bond acceptors (Lipinski definition) is 7. The first-order chi connectivity index (χ1) is 11.7. The highest BCUT2D eigenvalue weighted by atomic mass is 32.1. The molecule has 8 nitrogen and oxygen atoms in total. The van der Waals surface area contributed by atoms with E-state index in [0.29, 0.717) is 18.1 Å². The number of rotatable bonds is 7. The van der Waals surface area contributed by atoms with E-state index in [1.807, 2.05) is 30.8 Å². The van der Waals surface area contributed by atoms with Crippen molar-refractivity contribution in [3.8, 4) is 11.4 Å². The summed E-state index contributed by atoms with van der Waals surface area (Å²) in [4.78, 5) is 16.7. The van der Waals surface area contributed by atoms with Gasteiger partial charge < -0.3 is 9.42 Å². The van der Waals surface area contributed by atoms with Crippen LogP contribution in [0.15, 0.2) is 33.7 Å². The van der Waals surface area contributed by atoms with E-state index in [0.717, 1.165) is 31.5 Å². The van der Waals surface area contributed by atoms with Crippen molar-refractivity contribution in [3.63, 3.8) is 0 Å². The molecule has 9 heteroatoms. The van der Waals surface area contributed by atoms with Crippen LogP contribution in [0.5, 0.6) is 0 Å². The Hall–Kier alpha value is -2.55. The summed E-state index contributed by atoms with van der Waals surface area (Å²) in [7, 11) is 1.83. The number of aryl methyl sites for hydroxylation is 2. The second-order valence-electron chi connectivity index (χ2n) is 4.94. The first kappa shape index (κ1) is 17.8. The molecule has 1 amide bonds. The molecule has 0 aromatic carbocycles. The Labute approximate surface area is 144 Å². The van der Waals surface area contributed by atoms with Crippen molar-refractivity contribution in [2.24, 2.45) is 7.05 Å². The van der Waals surface area contributed by atoms with Crippen molar-refractivity contribution in [3.05, 3.63) is 35.1 Å². The highest BCUT2D eigenvalue weighted by Gasteiger charge is 2.09. The summed E-state index contributed by atoms with van der Waals surface area (Å²) in [5.41, 5.74) is 0.984. The normalized spacial score (nSPS) is 10.1. The number of amides is 1. The Morgan fingerprint density at radius 1 is 1.46 bits per heavy atom. The average molecular weight is 348 g/mol. The van der Waals surface area contributed by atoms with Gasteiger partial charge in [0.25, 0.3) is 0 Å². The molecule has 0 unspecified atom stereocenters. The van der Waals surface area contributed by atoms with Crippen LogP contribution in [0.25, 0.3) is 11.4 Å². The van der Waals surface area contributed by atoms with Gasteiger partial charge in [-0.05, 0) is 24.8 Å². The van der Waals surface area contributed by atoms with Gasteiger partial charge in [0.2, 0.25) is 18.1 Å². The van der Waals surface area contributed by atoms with Crippen molar-refractivity contribution in [2.75, 3.05) is 13.1 Å². The lowest BCUT2D eigenvalue weighted by Gasteiger charge is -2.12. The Balaban J connectivity index is 0.000000292. The Morgan fingerprint density at radius 3 is 2.88 bits per heavy atom. The maximum absolute atomic E-state index is 10.6. The number of aromatic nitrogens is 5. The van der Waals surface area contributed by atoms with Crippen molar-refractivity contribution >= 4 is 17.7 Å². The second kappa shape index (κ2) is 9.56. The lowest BCUT2D eigenvalue weighted by molar-refractivity contribution is -0.118. The molecule has 0 bridgehead atoms. The topological polar surface area (TPSA) is 89.9 Å². The third-order valence-electron chi connectivity index (χ3n) is 3.18. The highest BCUT2D eigenvalue weighted by molar-refractivity contribution is 7.08. The molecule has 24 heavy (non-hydrogen) atoms.